The van der Waals surface area contributed by atoms with Crippen LogP contribution in [0.3, 0.4) is 0 Å². The van der Waals surface area contributed by atoms with E-state index in [0.29, 0.717) is 26.3 Å². The van der Waals surface area contributed by atoms with Crippen LogP contribution in [0.15, 0.2) is 105 Å². The van der Waals surface area contributed by atoms with E-state index in [1.165, 1.54) is 22.7 Å². The van der Waals surface area contributed by atoms with Crippen molar-refractivity contribution in [2.24, 2.45) is 4.99 Å². The molecule has 1 aliphatic heterocycles. The first-order valence-corrected chi connectivity index (χ1v) is 13.3. The Kier molecular flexibility index (Phi) is 5.99. The van der Waals surface area contributed by atoms with Crippen molar-refractivity contribution < 1.29 is 4.79 Å². The summed E-state index contributed by atoms with van der Waals surface area (Å²) in [6.07, 6.45) is 3.55. The second kappa shape index (κ2) is 9.61. The van der Waals surface area contributed by atoms with Crippen molar-refractivity contribution in [3.8, 4) is 11.3 Å². The van der Waals surface area contributed by atoms with E-state index in [2.05, 4.69) is 15.5 Å². The van der Waals surface area contributed by atoms with Gasteiger partial charge >= 0.3 is 0 Å². The zero-order valence-electron chi connectivity index (χ0n) is 19.7. The van der Waals surface area contributed by atoms with E-state index in [-0.39, 0.29) is 11.5 Å². The lowest BCUT2D eigenvalue weighted by Gasteiger charge is -2.24. The number of nitrogens with one attached hydrogen (secondary N) is 2. The van der Waals surface area contributed by atoms with Gasteiger partial charge in [-0.1, -0.05) is 65.9 Å². The van der Waals surface area contributed by atoms with Crippen LogP contribution in [-0.4, -0.2) is 20.7 Å². The SMILES string of the molecule is CC1=C(C(=O)Nc2ccccc2)[C@@H](c2cccs2)n2c(s/c(=C/c3cn[nH]c3-c3ccccc3)c2=O)=N1. The Morgan fingerprint density at radius 1 is 1.05 bits per heavy atom. The Morgan fingerprint density at radius 3 is 2.54 bits per heavy atom. The molecule has 0 bridgehead atoms. The molecule has 4 heterocycles. The molecule has 0 saturated heterocycles. The van der Waals surface area contributed by atoms with Gasteiger partial charge in [0.2, 0.25) is 0 Å². The summed E-state index contributed by atoms with van der Waals surface area (Å²) >= 11 is 2.82. The van der Waals surface area contributed by atoms with E-state index < -0.39 is 6.04 Å². The Morgan fingerprint density at radius 2 is 1.81 bits per heavy atom. The van der Waals surface area contributed by atoms with E-state index in [1.54, 1.807) is 10.8 Å². The van der Waals surface area contributed by atoms with Crippen LogP contribution in [0, 0.1) is 0 Å². The third-order valence-electron chi connectivity index (χ3n) is 6.13. The van der Waals surface area contributed by atoms with Crippen molar-refractivity contribution in [3.63, 3.8) is 0 Å². The Bertz CT molecular complexity index is 1800. The third kappa shape index (κ3) is 4.28. The topological polar surface area (TPSA) is 92.1 Å². The van der Waals surface area contributed by atoms with Crippen LogP contribution in [-0.2, 0) is 4.79 Å². The third-order valence-corrected chi connectivity index (χ3v) is 8.04. The van der Waals surface area contributed by atoms with Gasteiger partial charge in [0.1, 0.15) is 6.04 Å². The summed E-state index contributed by atoms with van der Waals surface area (Å²) in [5, 5.41) is 12.2. The highest BCUT2D eigenvalue weighted by Crippen LogP contribution is 2.33. The van der Waals surface area contributed by atoms with Crippen molar-refractivity contribution in [1.82, 2.24) is 14.8 Å². The Hall–Kier alpha value is -4.34. The first-order valence-electron chi connectivity index (χ1n) is 11.6. The molecule has 0 spiro atoms. The summed E-state index contributed by atoms with van der Waals surface area (Å²) in [6, 6.07) is 22.4. The van der Waals surface area contributed by atoms with Crippen molar-refractivity contribution in [3.05, 3.63) is 126 Å². The molecule has 5 aromatic rings. The van der Waals surface area contributed by atoms with Crippen molar-refractivity contribution in [2.45, 2.75) is 13.0 Å². The molecule has 3 aromatic heterocycles. The molecule has 7 nitrogen and oxygen atoms in total. The molecule has 37 heavy (non-hydrogen) atoms. The van der Waals surface area contributed by atoms with Gasteiger partial charge in [-0.3, -0.25) is 19.3 Å². The van der Waals surface area contributed by atoms with Gasteiger partial charge in [0, 0.05) is 21.7 Å². The second-order valence-electron chi connectivity index (χ2n) is 8.48. The van der Waals surface area contributed by atoms with Crippen LogP contribution in [0.2, 0.25) is 0 Å². The zero-order valence-corrected chi connectivity index (χ0v) is 21.3. The Labute approximate surface area is 219 Å². The number of fused-ring (bicyclic) bond motifs is 1. The number of aromatic nitrogens is 3. The van der Waals surface area contributed by atoms with Crippen LogP contribution in [0.4, 0.5) is 5.69 Å². The lowest BCUT2D eigenvalue weighted by molar-refractivity contribution is -0.113. The number of allylic oxidation sites excluding steroid dienone is 1. The normalized spacial score (nSPS) is 15.4. The maximum absolute atomic E-state index is 13.8. The number of amides is 1. The molecule has 2 N–H and O–H groups in total. The zero-order chi connectivity index (χ0) is 25.4. The van der Waals surface area contributed by atoms with E-state index in [0.717, 1.165) is 21.7 Å². The van der Waals surface area contributed by atoms with E-state index >= 15 is 0 Å². The lowest BCUT2D eigenvalue weighted by Crippen LogP contribution is -2.40. The van der Waals surface area contributed by atoms with E-state index in [9.17, 15) is 9.59 Å². The maximum Gasteiger partial charge on any atom is 0.271 e. The summed E-state index contributed by atoms with van der Waals surface area (Å²) in [6.45, 7) is 1.82. The fourth-order valence-electron chi connectivity index (χ4n) is 4.43. The van der Waals surface area contributed by atoms with E-state index in [1.807, 2.05) is 91.2 Å². The van der Waals surface area contributed by atoms with E-state index in [4.69, 9.17) is 4.99 Å². The smallest absolute Gasteiger partial charge is 0.271 e. The second-order valence-corrected chi connectivity index (χ2v) is 10.5. The molecule has 0 radical (unpaired) electrons. The number of hydrogen-bond acceptors (Lipinski definition) is 6. The largest absolute Gasteiger partial charge is 0.322 e. The van der Waals surface area contributed by atoms with Gasteiger partial charge in [0.15, 0.2) is 4.80 Å². The average molecular weight is 524 g/mol. The van der Waals surface area contributed by atoms with Crippen molar-refractivity contribution in [1.29, 1.82) is 0 Å². The predicted molar refractivity (Wildman–Crippen MR) is 147 cm³/mol. The van der Waals surface area contributed by atoms with Gasteiger partial charge < -0.3 is 5.32 Å². The molecular formula is C28H21N5O2S2. The average Bonchev–Trinajstić information content (AvgIpc) is 3.66. The quantitative estimate of drug-likeness (QED) is 0.359. The number of carbonyl (C=O) groups excluding carboxylic acids is 1. The van der Waals surface area contributed by atoms with Crippen LogP contribution in [0.5, 0.6) is 0 Å². The molecule has 9 heteroatoms. The molecule has 1 amide bonds. The van der Waals surface area contributed by atoms with Crippen molar-refractivity contribution >= 4 is 40.3 Å². The van der Waals surface area contributed by atoms with Gasteiger partial charge in [0.25, 0.3) is 11.5 Å². The molecule has 0 fully saturated rings. The molecular weight excluding hydrogens is 502 g/mol. The van der Waals surface area contributed by atoms with Gasteiger partial charge in [-0.05, 0) is 36.6 Å². The highest BCUT2D eigenvalue weighted by Gasteiger charge is 2.33. The summed E-state index contributed by atoms with van der Waals surface area (Å²) in [4.78, 5) is 33.5. The monoisotopic (exact) mass is 523 g/mol. The molecule has 0 unspecified atom stereocenters. The van der Waals surface area contributed by atoms with Crippen LogP contribution >= 0.6 is 22.7 Å². The number of para-hydroxylation sites is 1. The van der Waals surface area contributed by atoms with Crippen LogP contribution in [0.1, 0.15) is 23.4 Å². The van der Waals surface area contributed by atoms with Crippen LogP contribution < -0.4 is 20.2 Å². The molecule has 1 aliphatic rings. The minimum Gasteiger partial charge on any atom is -0.322 e. The predicted octanol–water partition coefficient (Wildman–Crippen LogP) is 4.33. The first kappa shape index (κ1) is 23.1. The standard InChI is InChI=1S/C28H21N5O2S2/c1-17-23(26(34)31-20-11-6-3-7-12-20)25(21-13-8-14-36-21)33-27(35)22(37-28(33)30-17)15-19-16-29-32-24(19)18-9-4-2-5-10-18/h2-16,25H,1H3,(H,29,32)(H,31,34)/b22-15+/t25-/m1/s1. The first-order chi connectivity index (χ1) is 18.1. The van der Waals surface area contributed by atoms with Gasteiger partial charge in [-0.2, -0.15) is 5.10 Å². The van der Waals surface area contributed by atoms with Crippen molar-refractivity contribution in [2.75, 3.05) is 5.32 Å². The number of hydrogen-bond donors (Lipinski definition) is 2. The summed E-state index contributed by atoms with van der Waals surface area (Å²) in [5.41, 5.74) is 4.16. The molecule has 0 aliphatic carbocycles. The van der Waals surface area contributed by atoms with Gasteiger partial charge in [-0.15, -0.1) is 11.3 Å². The fourth-order valence-corrected chi connectivity index (χ4v) is 6.29. The lowest BCUT2D eigenvalue weighted by atomic mass is 10.0. The number of anilines is 1. The van der Waals surface area contributed by atoms with Crippen LogP contribution in [0.25, 0.3) is 17.3 Å². The number of thiazole rings is 1. The Balaban J connectivity index is 1.48. The number of carbonyl (C=O) groups is 1. The minimum absolute atomic E-state index is 0.195. The highest BCUT2D eigenvalue weighted by atomic mass is 32.1. The molecule has 2 aromatic carbocycles. The maximum atomic E-state index is 13.8. The van der Waals surface area contributed by atoms with Gasteiger partial charge in [-0.25, -0.2) is 4.99 Å². The number of benzene rings is 2. The number of aromatic amines is 1. The molecule has 0 saturated carbocycles. The summed E-state index contributed by atoms with van der Waals surface area (Å²) < 4.78 is 2.16. The van der Waals surface area contributed by atoms with Gasteiger partial charge in [0.05, 0.1) is 27.7 Å². The number of rotatable bonds is 5. The fraction of sp³-hybridized carbons (Fsp3) is 0.0714. The molecule has 1 atom stereocenters. The number of thiophene rings is 1. The molecule has 182 valence electrons. The summed E-state index contributed by atoms with van der Waals surface area (Å²) in [7, 11) is 0. The minimum atomic E-state index is -0.569. The molecule has 6 rings (SSSR count). The summed E-state index contributed by atoms with van der Waals surface area (Å²) in [5.74, 6) is -0.277. The number of H-pyrrole nitrogens is 1. The number of nitrogens with zero attached hydrogens (tertiary/aromatic N) is 3. The highest BCUT2D eigenvalue weighted by molar-refractivity contribution is 7.10.